The maximum Gasteiger partial charge on any atom is 0.269 e. The predicted molar refractivity (Wildman–Crippen MR) is 115 cm³/mol. The third-order valence-electron chi connectivity index (χ3n) is 5.19. The predicted octanol–water partition coefficient (Wildman–Crippen LogP) is 4.93. The first kappa shape index (κ1) is 20.6. The lowest BCUT2D eigenvalue weighted by Crippen LogP contribution is -2.28. The van der Waals surface area contributed by atoms with Crippen LogP contribution in [0.5, 0.6) is 0 Å². The number of aromatic nitrogens is 1. The van der Waals surface area contributed by atoms with Crippen molar-refractivity contribution in [1.82, 2.24) is 10.3 Å². The molecule has 3 aromatic rings. The molecular weight excluding hydrogens is 366 g/mol. The third-order valence-corrected chi connectivity index (χ3v) is 5.19. The highest BCUT2D eigenvalue weighted by atomic mass is 16.6. The van der Waals surface area contributed by atoms with Crippen molar-refractivity contribution in [3.8, 4) is 0 Å². The monoisotopic (exact) mass is 393 g/mol. The molecule has 29 heavy (non-hydrogen) atoms. The summed E-state index contributed by atoms with van der Waals surface area (Å²) in [5.74, 6) is 0.156. The van der Waals surface area contributed by atoms with E-state index in [4.69, 9.17) is 0 Å². The molecular formula is C23H27N3O3. The Balaban J connectivity index is 2.01. The van der Waals surface area contributed by atoms with Crippen molar-refractivity contribution in [3.63, 3.8) is 0 Å². The number of H-pyrrole nitrogens is 1. The highest BCUT2D eigenvalue weighted by Gasteiger charge is 2.23. The first-order chi connectivity index (χ1) is 13.9. The van der Waals surface area contributed by atoms with Gasteiger partial charge in [-0.05, 0) is 29.0 Å². The molecule has 0 saturated carbocycles. The Morgan fingerprint density at radius 1 is 1.17 bits per heavy atom. The number of amides is 1. The highest BCUT2D eigenvalue weighted by molar-refractivity contribution is 5.88. The Labute approximate surface area is 170 Å². The summed E-state index contributed by atoms with van der Waals surface area (Å²) in [5.41, 5.74) is 4.27. The second kappa shape index (κ2) is 8.90. The number of nitro groups is 1. The molecule has 0 saturated heterocycles. The number of nitro benzene ring substituents is 1. The Morgan fingerprint density at radius 3 is 2.52 bits per heavy atom. The van der Waals surface area contributed by atoms with Gasteiger partial charge in [0.2, 0.25) is 5.91 Å². The van der Waals surface area contributed by atoms with Crippen LogP contribution in [0.15, 0.2) is 48.7 Å². The number of nitrogens with zero attached hydrogens (tertiary/aromatic N) is 1. The molecule has 0 spiro atoms. The summed E-state index contributed by atoms with van der Waals surface area (Å²) in [5, 5.41) is 15.1. The summed E-state index contributed by atoms with van der Waals surface area (Å²) in [4.78, 5) is 26.6. The summed E-state index contributed by atoms with van der Waals surface area (Å²) >= 11 is 0. The average molecular weight is 393 g/mol. The van der Waals surface area contributed by atoms with Crippen LogP contribution in [0, 0.1) is 16.0 Å². The van der Waals surface area contributed by atoms with Crippen molar-refractivity contribution < 1.29 is 9.72 Å². The second-order valence-electron chi connectivity index (χ2n) is 7.74. The molecule has 0 aliphatic carbocycles. The molecule has 0 fully saturated rings. The van der Waals surface area contributed by atoms with Crippen LogP contribution >= 0.6 is 0 Å². The van der Waals surface area contributed by atoms with Crippen molar-refractivity contribution in [3.05, 3.63) is 75.5 Å². The maximum atomic E-state index is 12.6. The second-order valence-corrected chi connectivity index (χ2v) is 7.74. The molecule has 6 nitrogen and oxygen atoms in total. The van der Waals surface area contributed by atoms with Gasteiger partial charge in [-0.1, -0.05) is 51.1 Å². The van der Waals surface area contributed by atoms with Gasteiger partial charge in [-0.25, -0.2) is 0 Å². The fraction of sp³-hybridized carbons (Fsp3) is 0.348. The number of nitrogens with one attached hydrogen (secondary N) is 2. The van der Waals surface area contributed by atoms with Gasteiger partial charge in [-0.3, -0.25) is 14.9 Å². The van der Waals surface area contributed by atoms with Crippen LogP contribution in [0.3, 0.4) is 0 Å². The Bertz CT molecular complexity index is 1010. The number of carbonyl (C=O) groups excluding carboxylic acids is 1. The van der Waals surface area contributed by atoms with Crippen molar-refractivity contribution in [2.75, 3.05) is 6.54 Å². The smallest absolute Gasteiger partial charge is 0.269 e. The number of non-ortho nitro benzene ring substituents is 1. The summed E-state index contributed by atoms with van der Waals surface area (Å²) in [6, 6.07) is 12.7. The van der Waals surface area contributed by atoms with Gasteiger partial charge >= 0.3 is 0 Å². The molecule has 0 radical (unpaired) electrons. The summed E-state index contributed by atoms with van der Waals surface area (Å²) in [7, 11) is 0. The van der Waals surface area contributed by atoms with Crippen LogP contribution in [0.1, 0.15) is 49.8 Å². The Hall–Kier alpha value is -3.15. The van der Waals surface area contributed by atoms with Crippen LogP contribution in [0.2, 0.25) is 0 Å². The molecule has 6 heteroatoms. The van der Waals surface area contributed by atoms with E-state index in [1.165, 1.54) is 17.7 Å². The van der Waals surface area contributed by atoms with Gasteiger partial charge < -0.3 is 10.3 Å². The van der Waals surface area contributed by atoms with Gasteiger partial charge in [0, 0.05) is 48.1 Å². The maximum absolute atomic E-state index is 12.6. The van der Waals surface area contributed by atoms with Gasteiger partial charge in [0.1, 0.15) is 0 Å². The minimum absolute atomic E-state index is 0.0250. The lowest BCUT2D eigenvalue weighted by Gasteiger charge is -2.18. The zero-order valence-corrected chi connectivity index (χ0v) is 17.1. The highest BCUT2D eigenvalue weighted by Crippen LogP contribution is 2.35. The topological polar surface area (TPSA) is 88.0 Å². The van der Waals surface area contributed by atoms with E-state index >= 15 is 0 Å². The third kappa shape index (κ3) is 4.65. The van der Waals surface area contributed by atoms with Crippen molar-refractivity contribution in [1.29, 1.82) is 0 Å². The fourth-order valence-electron chi connectivity index (χ4n) is 3.63. The van der Waals surface area contributed by atoms with E-state index in [9.17, 15) is 14.9 Å². The number of hydrogen-bond donors (Lipinski definition) is 2. The molecule has 1 atom stereocenters. The van der Waals surface area contributed by atoms with E-state index in [2.05, 4.69) is 43.2 Å². The van der Waals surface area contributed by atoms with E-state index in [0.29, 0.717) is 12.5 Å². The molecule has 1 heterocycles. The van der Waals surface area contributed by atoms with E-state index < -0.39 is 4.92 Å². The van der Waals surface area contributed by atoms with Gasteiger partial charge in [0.15, 0.2) is 0 Å². The number of hydrogen-bond acceptors (Lipinski definition) is 3. The minimum Gasteiger partial charge on any atom is -0.361 e. The molecule has 0 unspecified atom stereocenters. The summed E-state index contributed by atoms with van der Waals surface area (Å²) < 4.78 is 0. The molecule has 0 aliphatic rings. The molecule has 0 aliphatic heterocycles. The van der Waals surface area contributed by atoms with Gasteiger partial charge in [-0.15, -0.1) is 0 Å². The quantitative estimate of drug-likeness (QED) is 0.420. The van der Waals surface area contributed by atoms with E-state index in [1.807, 2.05) is 12.3 Å². The number of benzene rings is 2. The number of carbonyl (C=O) groups is 1. The fourth-order valence-corrected chi connectivity index (χ4v) is 3.63. The summed E-state index contributed by atoms with van der Waals surface area (Å²) in [6.07, 6.45) is 3.16. The van der Waals surface area contributed by atoms with Crippen LogP contribution in [0.4, 0.5) is 5.69 Å². The Morgan fingerprint density at radius 2 is 1.90 bits per heavy atom. The standard InChI is InChI=1S/C23H27N3O3/c1-4-16-6-5-7-19-21(14-25-23(16)19)20(12-22(27)24-13-15(2)3)17-8-10-18(11-9-17)26(28)29/h5-11,14-15,20,25H,4,12-13H2,1-3H3,(H,24,27)/t20-/m1/s1. The van der Waals surface area contributed by atoms with E-state index in [0.717, 1.165) is 28.5 Å². The van der Waals surface area contributed by atoms with Gasteiger partial charge in [0.25, 0.3) is 5.69 Å². The first-order valence-corrected chi connectivity index (χ1v) is 10.0. The van der Waals surface area contributed by atoms with Crippen LogP contribution in [0.25, 0.3) is 10.9 Å². The van der Waals surface area contributed by atoms with Crippen molar-refractivity contribution in [2.45, 2.75) is 39.5 Å². The number of aromatic amines is 1. The number of rotatable bonds is 8. The molecule has 0 bridgehead atoms. The van der Waals surface area contributed by atoms with Crippen molar-refractivity contribution in [2.24, 2.45) is 5.92 Å². The van der Waals surface area contributed by atoms with E-state index in [1.54, 1.807) is 12.1 Å². The van der Waals surface area contributed by atoms with Gasteiger partial charge in [-0.2, -0.15) is 0 Å². The average Bonchev–Trinajstić information content (AvgIpc) is 3.14. The number of fused-ring (bicyclic) bond motifs is 1. The number of aryl methyl sites for hydroxylation is 1. The molecule has 2 N–H and O–H groups in total. The summed E-state index contributed by atoms with van der Waals surface area (Å²) in [6.45, 7) is 6.85. The molecule has 2 aromatic carbocycles. The normalized spacial score (nSPS) is 12.3. The first-order valence-electron chi connectivity index (χ1n) is 10.0. The molecule has 152 valence electrons. The van der Waals surface area contributed by atoms with Crippen molar-refractivity contribution >= 4 is 22.5 Å². The zero-order chi connectivity index (χ0) is 21.0. The molecule has 3 rings (SSSR count). The molecule has 1 aromatic heterocycles. The zero-order valence-electron chi connectivity index (χ0n) is 17.1. The molecule has 1 amide bonds. The van der Waals surface area contributed by atoms with Crippen LogP contribution < -0.4 is 5.32 Å². The SMILES string of the molecule is CCc1cccc2c([C@H](CC(=O)NCC(C)C)c3ccc([N+](=O)[O-])cc3)c[nH]c12. The van der Waals surface area contributed by atoms with Crippen LogP contribution in [-0.4, -0.2) is 22.4 Å². The Kier molecular flexibility index (Phi) is 6.32. The van der Waals surface area contributed by atoms with Gasteiger partial charge in [0.05, 0.1) is 4.92 Å². The lowest BCUT2D eigenvalue weighted by molar-refractivity contribution is -0.384. The number of para-hydroxylation sites is 1. The van der Waals surface area contributed by atoms with E-state index in [-0.39, 0.29) is 23.9 Å². The largest absolute Gasteiger partial charge is 0.361 e. The minimum atomic E-state index is -0.409. The van der Waals surface area contributed by atoms with Crippen LogP contribution in [-0.2, 0) is 11.2 Å². The lowest BCUT2D eigenvalue weighted by atomic mass is 9.87.